The molecule has 0 saturated carbocycles. The van der Waals surface area contributed by atoms with Gasteiger partial charge < -0.3 is 11.6 Å². The second-order valence-corrected chi connectivity index (χ2v) is 3.45. The van der Waals surface area contributed by atoms with Crippen LogP contribution in [0.2, 0.25) is 15.1 Å². The lowest BCUT2D eigenvalue weighted by Gasteiger charge is -2.06. The van der Waals surface area contributed by atoms with Crippen LogP contribution in [-0.4, -0.2) is 6.21 Å². The number of rotatable bonds is 1. The Labute approximate surface area is 90.3 Å². The van der Waals surface area contributed by atoms with E-state index in [0.29, 0.717) is 15.6 Å². The minimum absolute atomic E-state index is 0.256. The number of nitrogens with two attached hydrogens (primary N) is 2. The van der Waals surface area contributed by atoms with Crippen LogP contribution in [0.4, 0.5) is 5.69 Å². The van der Waals surface area contributed by atoms with Crippen LogP contribution in [-0.2, 0) is 0 Å². The van der Waals surface area contributed by atoms with Gasteiger partial charge in [0.05, 0.1) is 27.0 Å². The topological polar surface area (TPSA) is 64.4 Å². The molecule has 1 rings (SSSR count). The van der Waals surface area contributed by atoms with Crippen LogP contribution in [0.5, 0.6) is 0 Å². The van der Waals surface area contributed by atoms with Crippen LogP contribution in [0.3, 0.4) is 0 Å². The van der Waals surface area contributed by atoms with E-state index >= 15 is 0 Å². The first-order valence-corrected chi connectivity index (χ1v) is 4.37. The van der Waals surface area contributed by atoms with Crippen molar-refractivity contribution in [3.63, 3.8) is 0 Å². The van der Waals surface area contributed by atoms with E-state index in [1.165, 1.54) is 12.3 Å². The molecule has 0 aromatic heterocycles. The summed E-state index contributed by atoms with van der Waals surface area (Å²) in [4.78, 5) is 0. The Bertz CT molecular complexity index is 362. The number of nitrogen functional groups attached to an aromatic ring is 1. The average Bonchev–Trinajstić information content (AvgIpc) is 2.09. The maximum Gasteiger partial charge on any atom is 0.0754 e. The molecule has 0 radical (unpaired) electrons. The fourth-order valence-electron chi connectivity index (χ4n) is 0.814. The van der Waals surface area contributed by atoms with Gasteiger partial charge in [0, 0.05) is 5.56 Å². The number of nitrogens with zero attached hydrogens (tertiary/aromatic N) is 1. The monoisotopic (exact) mass is 237 g/mol. The molecule has 0 saturated heterocycles. The SMILES string of the molecule is N/N=C/c1c(Cl)cc(Cl)c(N)c1Cl. The van der Waals surface area contributed by atoms with Gasteiger partial charge in [-0.05, 0) is 6.07 Å². The molecule has 3 nitrogen and oxygen atoms in total. The zero-order valence-electron chi connectivity index (χ0n) is 6.39. The van der Waals surface area contributed by atoms with E-state index in [9.17, 15) is 0 Å². The summed E-state index contributed by atoms with van der Waals surface area (Å²) in [6.07, 6.45) is 1.32. The van der Waals surface area contributed by atoms with Crippen molar-refractivity contribution in [2.24, 2.45) is 10.9 Å². The molecule has 0 spiro atoms. The molecule has 1 aromatic rings. The maximum absolute atomic E-state index is 5.84. The number of anilines is 1. The molecular weight excluding hydrogens is 232 g/mol. The third-order valence-electron chi connectivity index (χ3n) is 1.44. The van der Waals surface area contributed by atoms with Crippen LogP contribution in [0, 0.1) is 0 Å². The Balaban J connectivity index is 3.43. The van der Waals surface area contributed by atoms with Crippen LogP contribution >= 0.6 is 34.8 Å². The minimum Gasteiger partial charge on any atom is -0.396 e. The highest BCUT2D eigenvalue weighted by molar-refractivity contribution is 6.44. The zero-order chi connectivity index (χ0) is 10.0. The highest BCUT2D eigenvalue weighted by Crippen LogP contribution is 2.34. The molecule has 0 amide bonds. The van der Waals surface area contributed by atoms with Gasteiger partial charge in [0.1, 0.15) is 0 Å². The van der Waals surface area contributed by atoms with Crippen LogP contribution in [0.25, 0.3) is 0 Å². The summed E-state index contributed by atoms with van der Waals surface area (Å²) >= 11 is 17.4. The summed E-state index contributed by atoms with van der Waals surface area (Å²) in [6, 6.07) is 1.49. The standard InChI is InChI=1S/C7H6Cl3N3/c8-4-1-5(9)7(11)6(10)3(4)2-13-12/h1-2H,11-12H2/b13-2+. The molecule has 0 heterocycles. The van der Waals surface area contributed by atoms with Gasteiger partial charge >= 0.3 is 0 Å². The van der Waals surface area contributed by atoms with Gasteiger partial charge in [-0.2, -0.15) is 5.10 Å². The van der Waals surface area contributed by atoms with Gasteiger partial charge in [-0.1, -0.05) is 34.8 Å². The molecule has 0 atom stereocenters. The Kier molecular flexibility index (Phi) is 3.25. The molecular formula is C7H6Cl3N3. The Morgan fingerprint density at radius 1 is 1.23 bits per heavy atom. The van der Waals surface area contributed by atoms with Gasteiger partial charge in [0.25, 0.3) is 0 Å². The quantitative estimate of drug-likeness (QED) is 0.342. The largest absolute Gasteiger partial charge is 0.396 e. The Morgan fingerprint density at radius 2 is 1.85 bits per heavy atom. The molecule has 70 valence electrons. The van der Waals surface area contributed by atoms with E-state index < -0.39 is 0 Å². The number of hydrogen-bond donors (Lipinski definition) is 2. The predicted octanol–water partition coefficient (Wildman–Crippen LogP) is 2.52. The van der Waals surface area contributed by atoms with E-state index in [1.54, 1.807) is 0 Å². The first-order chi connectivity index (χ1) is 6.07. The highest BCUT2D eigenvalue weighted by Gasteiger charge is 2.10. The van der Waals surface area contributed by atoms with Crippen molar-refractivity contribution in [2.75, 3.05) is 5.73 Å². The summed E-state index contributed by atoms with van der Waals surface area (Å²) in [6.45, 7) is 0. The van der Waals surface area contributed by atoms with Gasteiger partial charge in [0.2, 0.25) is 0 Å². The van der Waals surface area contributed by atoms with Crippen molar-refractivity contribution < 1.29 is 0 Å². The van der Waals surface area contributed by atoms with E-state index in [2.05, 4.69) is 5.10 Å². The van der Waals surface area contributed by atoms with Gasteiger partial charge in [-0.15, -0.1) is 0 Å². The van der Waals surface area contributed by atoms with Gasteiger partial charge in [0.15, 0.2) is 0 Å². The third-order valence-corrected chi connectivity index (χ3v) is 2.48. The van der Waals surface area contributed by atoms with Crippen molar-refractivity contribution in [1.29, 1.82) is 0 Å². The van der Waals surface area contributed by atoms with E-state index in [4.69, 9.17) is 46.4 Å². The van der Waals surface area contributed by atoms with Crippen LogP contribution in [0.1, 0.15) is 5.56 Å². The van der Waals surface area contributed by atoms with Crippen molar-refractivity contribution in [3.05, 3.63) is 26.7 Å². The van der Waals surface area contributed by atoms with Crippen molar-refractivity contribution in [1.82, 2.24) is 0 Å². The average molecular weight is 239 g/mol. The number of hydrogen-bond acceptors (Lipinski definition) is 3. The lowest BCUT2D eigenvalue weighted by atomic mass is 10.2. The number of halogens is 3. The second kappa shape index (κ2) is 4.05. The Hall–Kier alpha value is -0.640. The molecule has 0 aliphatic carbocycles. The van der Waals surface area contributed by atoms with Crippen molar-refractivity contribution in [3.8, 4) is 0 Å². The van der Waals surface area contributed by atoms with E-state index in [0.717, 1.165) is 0 Å². The van der Waals surface area contributed by atoms with Crippen molar-refractivity contribution in [2.45, 2.75) is 0 Å². The molecule has 0 bridgehead atoms. The lowest BCUT2D eigenvalue weighted by molar-refractivity contribution is 1.26. The predicted molar refractivity (Wildman–Crippen MR) is 57.7 cm³/mol. The molecule has 13 heavy (non-hydrogen) atoms. The molecule has 0 aliphatic rings. The molecule has 0 unspecified atom stereocenters. The summed E-state index contributed by atoms with van der Waals surface area (Å²) in [5.74, 6) is 4.96. The molecule has 0 aliphatic heterocycles. The van der Waals surface area contributed by atoms with Crippen LogP contribution < -0.4 is 11.6 Å². The third kappa shape index (κ3) is 1.99. The minimum atomic E-state index is 0.256. The zero-order valence-corrected chi connectivity index (χ0v) is 8.66. The summed E-state index contributed by atoms with van der Waals surface area (Å²) < 4.78 is 0. The Morgan fingerprint density at radius 3 is 2.38 bits per heavy atom. The number of benzene rings is 1. The fourth-order valence-corrected chi connectivity index (χ4v) is 1.68. The molecule has 4 N–H and O–H groups in total. The molecule has 1 aromatic carbocycles. The smallest absolute Gasteiger partial charge is 0.0754 e. The highest BCUT2D eigenvalue weighted by atomic mass is 35.5. The van der Waals surface area contributed by atoms with Crippen LogP contribution in [0.15, 0.2) is 11.2 Å². The van der Waals surface area contributed by atoms with Gasteiger partial charge in [-0.25, -0.2) is 0 Å². The number of hydrazone groups is 1. The molecule has 6 heteroatoms. The summed E-state index contributed by atoms with van der Waals surface area (Å²) in [7, 11) is 0. The summed E-state index contributed by atoms with van der Waals surface area (Å²) in [5, 5.41) is 4.23. The normalized spacial score (nSPS) is 11.0. The second-order valence-electron chi connectivity index (χ2n) is 2.26. The molecule has 0 fully saturated rings. The van der Waals surface area contributed by atoms with Gasteiger partial charge in [-0.3, -0.25) is 0 Å². The van der Waals surface area contributed by atoms with E-state index in [-0.39, 0.29) is 10.7 Å². The first kappa shape index (κ1) is 10.4. The lowest BCUT2D eigenvalue weighted by Crippen LogP contribution is -1.95. The van der Waals surface area contributed by atoms with E-state index in [1.807, 2.05) is 0 Å². The first-order valence-electron chi connectivity index (χ1n) is 3.24. The summed E-state index contributed by atoms with van der Waals surface area (Å²) in [5.41, 5.74) is 6.29. The maximum atomic E-state index is 5.84. The fraction of sp³-hybridized carbons (Fsp3) is 0. The van der Waals surface area contributed by atoms with Crippen molar-refractivity contribution >= 4 is 46.7 Å².